The van der Waals surface area contributed by atoms with E-state index < -0.39 is 0 Å². The second-order valence-corrected chi connectivity index (χ2v) is 3.97. The van der Waals surface area contributed by atoms with Crippen LogP contribution in [0.4, 0.5) is 0 Å². The molecular weight excluding hydrogens is 194 g/mol. The molecule has 4 heteroatoms. The normalized spacial score (nSPS) is 10.6. The first-order valence-electron chi connectivity index (χ1n) is 4.60. The number of rotatable bonds is 4. The van der Waals surface area contributed by atoms with Gasteiger partial charge in [-0.2, -0.15) is 11.3 Å². The third-order valence-electron chi connectivity index (χ3n) is 2.13. The van der Waals surface area contributed by atoms with Gasteiger partial charge in [0.15, 0.2) is 0 Å². The number of nitrogens with two attached hydrogens (primary N) is 1. The molecule has 0 aliphatic rings. The summed E-state index contributed by atoms with van der Waals surface area (Å²) in [5.41, 5.74) is 7.82. The van der Waals surface area contributed by atoms with Gasteiger partial charge in [0.25, 0.3) is 0 Å². The fourth-order valence-corrected chi connectivity index (χ4v) is 2.03. The van der Waals surface area contributed by atoms with Gasteiger partial charge in [0, 0.05) is 19.3 Å². The Bertz CT molecular complexity index is 378. The smallest absolute Gasteiger partial charge is 0.0950 e. The third-order valence-corrected chi connectivity index (χ3v) is 2.87. The summed E-state index contributed by atoms with van der Waals surface area (Å²) in [5.74, 6) is 0. The van der Waals surface area contributed by atoms with Gasteiger partial charge >= 0.3 is 0 Å². The van der Waals surface area contributed by atoms with Crippen molar-refractivity contribution in [3.05, 3.63) is 40.6 Å². The molecule has 0 spiro atoms. The summed E-state index contributed by atoms with van der Waals surface area (Å²) >= 11 is 1.74. The van der Waals surface area contributed by atoms with Crippen LogP contribution < -0.4 is 5.73 Å². The van der Waals surface area contributed by atoms with Crippen molar-refractivity contribution >= 4 is 11.3 Å². The second kappa shape index (κ2) is 4.39. The molecule has 2 aromatic rings. The zero-order valence-electron chi connectivity index (χ0n) is 7.89. The largest absolute Gasteiger partial charge is 0.337 e. The topological polar surface area (TPSA) is 43.8 Å². The van der Waals surface area contributed by atoms with Crippen molar-refractivity contribution in [2.45, 2.75) is 19.5 Å². The molecule has 3 nitrogen and oxygen atoms in total. The van der Waals surface area contributed by atoms with E-state index in [1.165, 1.54) is 5.56 Å². The minimum atomic E-state index is 0.519. The molecule has 0 unspecified atom stereocenters. The Morgan fingerprint density at radius 3 is 3.07 bits per heavy atom. The van der Waals surface area contributed by atoms with Gasteiger partial charge in [-0.25, -0.2) is 4.98 Å². The molecule has 0 bridgehead atoms. The summed E-state index contributed by atoms with van der Waals surface area (Å²) in [5, 5.41) is 4.29. The molecule has 2 aromatic heterocycles. The molecule has 0 atom stereocenters. The summed E-state index contributed by atoms with van der Waals surface area (Å²) in [7, 11) is 0. The van der Waals surface area contributed by atoms with Gasteiger partial charge in [-0.05, 0) is 28.8 Å². The van der Waals surface area contributed by atoms with Crippen LogP contribution in [0.2, 0.25) is 0 Å². The van der Waals surface area contributed by atoms with Crippen molar-refractivity contribution < 1.29 is 0 Å². The van der Waals surface area contributed by atoms with Gasteiger partial charge in [0.2, 0.25) is 0 Å². The van der Waals surface area contributed by atoms with Crippen LogP contribution in [-0.2, 0) is 19.5 Å². The van der Waals surface area contributed by atoms with Crippen LogP contribution in [0.1, 0.15) is 11.3 Å². The maximum atomic E-state index is 5.48. The van der Waals surface area contributed by atoms with E-state index >= 15 is 0 Å². The van der Waals surface area contributed by atoms with E-state index in [1.54, 1.807) is 11.3 Å². The Morgan fingerprint density at radius 2 is 2.43 bits per heavy atom. The SMILES string of the molecule is NCc1cn(CCc2ccsc2)cn1. The Balaban J connectivity index is 1.92. The van der Waals surface area contributed by atoms with E-state index in [1.807, 2.05) is 12.5 Å². The van der Waals surface area contributed by atoms with Crippen LogP contribution in [-0.4, -0.2) is 9.55 Å². The quantitative estimate of drug-likeness (QED) is 0.828. The highest BCUT2D eigenvalue weighted by atomic mass is 32.1. The molecule has 0 saturated heterocycles. The lowest BCUT2D eigenvalue weighted by Crippen LogP contribution is -1.98. The molecule has 14 heavy (non-hydrogen) atoms. The highest BCUT2D eigenvalue weighted by Gasteiger charge is 1.97. The highest BCUT2D eigenvalue weighted by Crippen LogP contribution is 2.07. The molecule has 2 rings (SSSR count). The van der Waals surface area contributed by atoms with Crippen molar-refractivity contribution in [1.29, 1.82) is 0 Å². The van der Waals surface area contributed by atoms with Gasteiger partial charge < -0.3 is 10.3 Å². The average molecular weight is 207 g/mol. The molecule has 2 heterocycles. The zero-order valence-corrected chi connectivity index (χ0v) is 8.70. The molecule has 0 fully saturated rings. The minimum absolute atomic E-state index is 0.519. The number of hydrogen-bond donors (Lipinski definition) is 1. The molecule has 0 aliphatic heterocycles. The monoisotopic (exact) mass is 207 g/mol. The number of aromatic nitrogens is 2. The van der Waals surface area contributed by atoms with Crippen molar-refractivity contribution in [2.24, 2.45) is 5.73 Å². The van der Waals surface area contributed by atoms with Crippen LogP contribution in [0, 0.1) is 0 Å². The van der Waals surface area contributed by atoms with Crippen molar-refractivity contribution in [2.75, 3.05) is 0 Å². The van der Waals surface area contributed by atoms with Gasteiger partial charge in [0.05, 0.1) is 12.0 Å². The van der Waals surface area contributed by atoms with Crippen LogP contribution >= 0.6 is 11.3 Å². The van der Waals surface area contributed by atoms with Crippen molar-refractivity contribution in [3.8, 4) is 0 Å². The Morgan fingerprint density at radius 1 is 1.50 bits per heavy atom. The van der Waals surface area contributed by atoms with E-state index in [9.17, 15) is 0 Å². The van der Waals surface area contributed by atoms with Gasteiger partial charge in [-0.1, -0.05) is 0 Å². The lowest BCUT2D eigenvalue weighted by atomic mass is 10.2. The van der Waals surface area contributed by atoms with Crippen molar-refractivity contribution in [3.63, 3.8) is 0 Å². The van der Waals surface area contributed by atoms with Crippen LogP contribution in [0.5, 0.6) is 0 Å². The van der Waals surface area contributed by atoms with Gasteiger partial charge in [-0.3, -0.25) is 0 Å². The summed E-state index contributed by atoms with van der Waals surface area (Å²) in [6.07, 6.45) is 4.91. The second-order valence-electron chi connectivity index (χ2n) is 3.19. The third kappa shape index (κ3) is 2.21. The predicted octanol–water partition coefficient (Wildman–Crippen LogP) is 1.65. The number of thiophene rings is 1. The minimum Gasteiger partial charge on any atom is -0.337 e. The maximum absolute atomic E-state index is 5.48. The van der Waals surface area contributed by atoms with Crippen LogP contribution in [0.15, 0.2) is 29.4 Å². The maximum Gasteiger partial charge on any atom is 0.0950 e. The summed E-state index contributed by atoms with van der Waals surface area (Å²) < 4.78 is 2.08. The van der Waals surface area contributed by atoms with Crippen LogP contribution in [0.25, 0.3) is 0 Å². The number of aryl methyl sites for hydroxylation is 2. The lowest BCUT2D eigenvalue weighted by Gasteiger charge is -1.99. The summed E-state index contributed by atoms with van der Waals surface area (Å²) in [6, 6.07) is 2.16. The fourth-order valence-electron chi connectivity index (χ4n) is 1.33. The molecule has 0 aromatic carbocycles. The first-order chi connectivity index (χ1) is 6.88. The van der Waals surface area contributed by atoms with Gasteiger partial charge in [0.1, 0.15) is 0 Å². The van der Waals surface area contributed by atoms with Crippen molar-refractivity contribution in [1.82, 2.24) is 9.55 Å². The highest BCUT2D eigenvalue weighted by molar-refractivity contribution is 7.07. The molecule has 74 valence electrons. The molecule has 0 aliphatic carbocycles. The molecule has 0 amide bonds. The van der Waals surface area contributed by atoms with E-state index in [0.29, 0.717) is 6.54 Å². The molecule has 0 radical (unpaired) electrons. The van der Waals surface area contributed by atoms with E-state index in [4.69, 9.17) is 5.73 Å². The number of nitrogens with zero attached hydrogens (tertiary/aromatic N) is 2. The Hall–Kier alpha value is -1.13. The lowest BCUT2D eigenvalue weighted by molar-refractivity contribution is 0.696. The molecular formula is C10H13N3S. The fraction of sp³-hybridized carbons (Fsp3) is 0.300. The van der Waals surface area contributed by atoms with E-state index in [-0.39, 0.29) is 0 Å². The van der Waals surface area contributed by atoms with E-state index in [0.717, 1.165) is 18.7 Å². The predicted molar refractivity (Wildman–Crippen MR) is 58.1 cm³/mol. The summed E-state index contributed by atoms with van der Waals surface area (Å²) in [6.45, 7) is 1.50. The summed E-state index contributed by atoms with van der Waals surface area (Å²) in [4.78, 5) is 4.18. The molecule has 2 N–H and O–H groups in total. The molecule has 0 saturated carbocycles. The average Bonchev–Trinajstić information content (AvgIpc) is 2.86. The standard InChI is InChI=1S/C10H13N3S/c11-5-10-6-13(8-12-10)3-1-9-2-4-14-7-9/h2,4,6-8H,1,3,5,11H2. The van der Waals surface area contributed by atoms with E-state index in [2.05, 4.69) is 26.4 Å². The number of hydrogen-bond acceptors (Lipinski definition) is 3. The zero-order chi connectivity index (χ0) is 9.80. The van der Waals surface area contributed by atoms with Gasteiger partial charge in [-0.15, -0.1) is 0 Å². The number of imidazole rings is 1. The first kappa shape index (κ1) is 9.43. The Kier molecular flexibility index (Phi) is 2.96. The Labute approximate surface area is 87.2 Å². The van der Waals surface area contributed by atoms with Crippen LogP contribution in [0.3, 0.4) is 0 Å². The first-order valence-corrected chi connectivity index (χ1v) is 5.54.